The molecule has 0 aliphatic rings. The maximum Gasteiger partial charge on any atom is 0.159 e. The molecule has 0 atom stereocenters. The van der Waals surface area contributed by atoms with Crippen molar-refractivity contribution in [3.8, 4) is 39.7 Å². The molecule has 3 heteroatoms. The summed E-state index contributed by atoms with van der Waals surface area (Å²) in [5, 5.41) is 11.6. The lowest BCUT2D eigenvalue weighted by Crippen LogP contribution is -1.99. The average Bonchev–Trinajstić information content (AvgIpc) is 2.86. The van der Waals surface area contributed by atoms with Crippen molar-refractivity contribution in [2.45, 2.75) is 20.8 Å². The molecular weight excluding hydrogens is 402 g/mol. The van der Waals surface area contributed by atoms with Crippen molar-refractivity contribution >= 4 is 10.8 Å². The van der Waals surface area contributed by atoms with Crippen molar-refractivity contribution < 1.29 is 0 Å². The van der Waals surface area contributed by atoms with Crippen LogP contribution in [-0.2, 0) is 0 Å². The van der Waals surface area contributed by atoms with Crippen LogP contribution in [0.1, 0.15) is 22.5 Å². The van der Waals surface area contributed by atoms with Crippen LogP contribution in [0.25, 0.3) is 44.4 Å². The minimum absolute atomic E-state index is 0.661. The van der Waals surface area contributed by atoms with E-state index in [1.807, 2.05) is 38.1 Å². The number of hydrogen-bond acceptors (Lipinski definition) is 3. The van der Waals surface area contributed by atoms with Crippen molar-refractivity contribution in [2.24, 2.45) is 0 Å². The second kappa shape index (κ2) is 8.33. The molecule has 0 bridgehead atoms. The SMILES string of the molecule is Cc1nc(-c2ccc(-c3c(-c4ccc(C#N)cc4)ccc4ccccc34)cc2)nc(C)c1C. The Kier molecular flexibility index (Phi) is 5.20. The number of aromatic nitrogens is 2. The van der Waals surface area contributed by atoms with Gasteiger partial charge in [-0.3, -0.25) is 0 Å². The zero-order valence-corrected chi connectivity index (χ0v) is 18.9. The predicted molar refractivity (Wildman–Crippen MR) is 135 cm³/mol. The number of benzene rings is 4. The standard InChI is InChI=1S/C30H23N3/c1-19-20(2)32-30(33-21(19)3)26-14-12-25(13-15-26)29-27-7-5-4-6-23(27)16-17-28(29)24-10-8-22(18-31)9-11-24/h4-17H,1-3H3. The third-order valence-corrected chi connectivity index (χ3v) is 6.32. The molecule has 1 aromatic heterocycles. The first-order chi connectivity index (χ1) is 16.0. The first kappa shape index (κ1) is 20.6. The van der Waals surface area contributed by atoms with Crippen molar-refractivity contribution in [1.29, 1.82) is 5.26 Å². The third-order valence-electron chi connectivity index (χ3n) is 6.32. The third kappa shape index (κ3) is 3.77. The Morgan fingerprint density at radius 1 is 0.636 bits per heavy atom. The molecule has 5 rings (SSSR count). The molecule has 5 aromatic rings. The second-order valence-electron chi connectivity index (χ2n) is 8.32. The highest BCUT2D eigenvalue weighted by Crippen LogP contribution is 2.38. The van der Waals surface area contributed by atoms with Gasteiger partial charge >= 0.3 is 0 Å². The predicted octanol–water partition coefficient (Wildman–Crippen LogP) is 7.43. The van der Waals surface area contributed by atoms with Gasteiger partial charge in [0, 0.05) is 17.0 Å². The van der Waals surface area contributed by atoms with Gasteiger partial charge in [0.1, 0.15) is 0 Å². The van der Waals surface area contributed by atoms with Gasteiger partial charge in [-0.15, -0.1) is 0 Å². The van der Waals surface area contributed by atoms with Gasteiger partial charge in [0.05, 0.1) is 11.6 Å². The van der Waals surface area contributed by atoms with Crippen molar-refractivity contribution in [1.82, 2.24) is 9.97 Å². The Morgan fingerprint density at radius 3 is 1.91 bits per heavy atom. The number of nitriles is 1. The molecule has 3 nitrogen and oxygen atoms in total. The molecule has 1 heterocycles. The average molecular weight is 426 g/mol. The number of hydrogen-bond donors (Lipinski definition) is 0. The van der Waals surface area contributed by atoms with E-state index >= 15 is 0 Å². The lowest BCUT2D eigenvalue weighted by Gasteiger charge is -2.15. The quantitative estimate of drug-likeness (QED) is 0.302. The van der Waals surface area contributed by atoms with Crippen LogP contribution in [0, 0.1) is 32.1 Å². The number of fused-ring (bicyclic) bond motifs is 1. The minimum atomic E-state index is 0.661. The summed E-state index contributed by atoms with van der Waals surface area (Å²) >= 11 is 0. The van der Waals surface area contributed by atoms with E-state index in [0.717, 1.165) is 45.0 Å². The Morgan fingerprint density at radius 2 is 1.24 bits per heavy atom. The molecule has 0 amide bonds. The lowest BCUT2D eigenvalue weighted by atomic mass is 9.89. The topological polar surface area (TPSA) is 49.6 Å². The van der Waals surface area contributed by atoms with Crippen LogP contribution < -0.4 is 0 Å². The first-order valence-electron chi connectivity index (χ1n) is 11.0. The number of rotatable bonds is 3. The molecule has 0 saturated heterocycles. The monoisotopic (exact) mass is 425 g/mol. The molecule has 0 saturated carbocycles. The van der Waals surface area contributed by atoms with Gasteiger partial charge < -0.3 is 0 Å². The zero-order valence-electron chi connectivity index (χ0n) is 18.9. The zero-order chi connectivity index (χ0) is 22.9. The van der Waals surface area contributed by atoms with E-state index in [4.69, 9.17) is 9.97 Å². The van der Waals surface area contributed by atoms with Crippen molar-refractivity contribution in [3.05, 3.63) is 107 Å². The Balaban J connectivity index is 1.67. The molecule has 0 radical (unpaired) electrons. The Labute approximate surface area is 194 Å². The van der Waals surface area contributed by atoms with Crippen molar-refractivity contribution in [3.63, 3.8) is 0 Å². The molecule has 4 aromatic carbocycles. The molecule has 0 spiro atoms. The van der Waals surface area contributed by atoms with Crippen LogP contribution in [0.3, 0.4) is 0 Å². The maximum absolute atomic E-state index is 9.18. The van der Waals surface area contributed by atoms with Crippen LogP contribution in [0.15, 0.2) is 84.9 Å². The summed E-state index contributed by atoms with van der Waals surface area (Å²) in [5.74, 6) is 0.757. The lowest BCUT2D eigenvalue weighted by molar-refractivity contribution is 1.02. The number of nitrogens with zero attached hydrogens (tertiary/aromatic N) is 3. The molecule has 0 fully saturated rings. The summed E-state index contributed by atoms with van der Waals surface area (Å²) < 4.78 is 0. The van der Waals surface area contributed by atoms with Gasteiger partial charge in [-0.1, -0.05) is 72.8 Å². The highest BCUT2D eigenvalue weighted by molar-refractivity contribution is 6.04. The van der Waals surface area contributed by atoms with Gasteiger partial charge in [0.15, 0.2) is 5.82 Å². The Bertz CT molecular complexity index is 1500. The molecule has 0 N–H and O–H groups in total. The molecule has 0 unspecified atom stereocenters. The van der Waals surface area contributed by atoms with E-state index in [2.05, 4.69) is 73.7 Å². The van der Waals surface area contributed by atoms with Gasteiger partial charge in [-0.2, -0.15) is 5.26 Å². The molecule has 0 aliphatic carbocycles. The maximum atomic E-state index is 9.18. The normalized spacial score (nSPS) is 10.8. The molecule has 158 valence electrons. The number of aryl methyl sites for hydroxylation is 2. The van der Waals surface area contributed by atoms with Crippen LogP contribution >= 0.6 is 0 Å². The van der Waals surface area contributed by atoms with E-state index < -0.39 is 0 Å². The highest BCUT2D eigenvalue weighted by atomic mass is 14.9. The van der Waals surface area contributed by atoms with Gasteiger partial charge in [0.25, 0.3) is 0 Å². The van der Waals surface area contributed by atoms with Crippen LogP contribution in [0.2, 0.25) is 0 Å². The fourth-order valence-corrected chi connectivity index (χ4v) is 4.23. The summed E-state index contributed by atoms with van der Waals surface area (Å²) in [6.07, 6.45) is 0. The van der Waals surface area contributed by atoms with Gasteiger partial charge in [-0.05, 0) is 71.5 Å². The van der Waals surface area contributed by atoms with Crippen LogP contribution in [0.5, 0.6) is 0 Å². The fourth-order valence-electron chi connectivity index (χ4n) is 4.23. The van der Waals surface area contributed by atoms with E-state index in [9.17, 15) is 5.26 Å². The summed E-state index contributed by atoms with van der Waals surface area (Å²) in [4.78, 5) is 9.40. The summed E-state index contributed by atoms with van der Waals surface area (Å²) in [6, 6.07) is 31.3. The fraction of sp³-hybridized carbons (Fsp3) is 0.100. The van der Waals surface area contributed by atoms with E-state index in [1.54, 1.807) is 0 Å². The van der Waals surface area contributed by atoms with Crippen LogP contribution in [0.4, 0.5) is 0 Å². The first-order valence-corrected chi connectivity index (χ1v) is 11.0. The van der Waals surface area contributed by atoms with E-state index in [0.29, 0.717) is 5.56 Å². The van der Waals surface area contributed by atoms with Crippen molar-refractivity contribution in [2.75, 3.05) is 0 Å². The summed E-state index contributed by atoms with van der Waals surface area (Å²) in [7, 11) is 0. The summed E-state index contributed by atoms with van der Waals surface area (Å²) in [6.45, 7) is 6.12. The van der Waals surface area contributed by atoms with Gasteiger partial charge in [0.2, 0.25) is 0 Å². The summed E-state index contributed by atoms with van der Waals surface area (Å²) in [5.41, 5.74) is 9.38. The highest BCUT2D eigenvalue weighted by Gasteiger charge is 2.13. The largest absolute Gasteiger partial charge is 0.233 e. The Hall–Kier alpha value is -4.29. The smallest absolute Gasteiger partial charge is 0.159 e. The molecule has 33 heavy (non-hydrogen) atoms. The molecule has 0 aliphatic heterocycles. The van der Waals surface area contributed by atoms with E-state index in [-0.39, 0.29) is 0 Å². The molecular formula is C30H23N3. The van der Waals surface area contributed by atoms with Gasteiger partial charge in [-0.25, -0.2) is 9.97 Å². The van der Waals surface area contributed by atoms with Crippen LogP contribution in [-0.4, -0.2) is 9.97 Å². The second-order valence-corrected chi connectivity index (χ2v) is 8.32. The minimum Gasteiger partial charge on any atom is -0.233 e. The van der Waals surface area contributed by atoms with E-state index in [1.165, 1.54) is 16.3 Å².